The third-order valence-electron chi connectivity index (χ3n) is 2.80. The van der Waals surface area contributed by atoms with Crippen LogP contribution >= 0.6 is 15.9 Å². The molecule has 2 rings (SSSR count). The van der Waals surface area contributed by atoms with Gasteiger partial charge in [-0.1, -0.05) is 0 Å². The average molecular weight is 339 g/mol. The van der Waals surface area contributed by atoms with Crippen LogP contribution in [0.25, 0.3) is 0 Å². The summed E-state index contributed by atoms with van der Waals surface area (Å²) in [5.41, 5.74) is 13.1. The van der Waals surface area contributed by atoms with Crippen LogP contribution in [0.5, 0.6) is 11.5 Å². The minimum absolute atomic E-state index is 0.166. The van der Waals surface area contributed by atoms with Gasteiger partial charge in [-0.15, -0.1) is 0 Å². The number of nitrogens with two attached hydrogens (primary N) is 2. The molecule has 4 N–H and O–H groups in total. The van der Waals surface area contributed by atoms with E-state index in [1.165, 1.54) is 0 Å². The van der Waals surface area contributed by atoms with Crippen LogP contribution in [-0.2, 0) is 6.42 Å². The summed E-state index contributed by atoms with van der Waals surface area (Å²) in [4.78, 5) is 7.90. The number of methoxy groups -OCH3 is 2. The fourth-order valence-corrected chi connectivity index (χ4v) is 2.52. The SMILES string of the molecule is COc1cc(Cc2cnc(N)nc2N)cc(Br)c1OC. The Bertz CT molecular complexity index is 634. The van der Waals surface area contributed by atoms with Crippen molar-refractivity contribution in [3.63, 3.8) is 0 Å². The van der Waals surface area contributed by atoms with Crippen molar-refractivity contribution in [3.05, 3.63) is 33.9 Å². The molecule has 106 valence electrons. The van der Waals surface area contributed by atoms with Gasteiger partial charge in [0.25, 0.3) is 0 Å². The van der Waals surface area contributed by atoms with Crippen molar-refractivity contribution in [3.8, 4) is 11.5 Å². The Hall–Kier alpha value is -2.02. The molecular weight excluding hydrogens is 324 g/mol. The lowest BCUT2D eigenvalue weighted by molar-refractivity contribution is 0.352. The number of ether oxygens (including phenoxy) is 2. The molecule has 1 aromatic carbocycles. The summed E-state index contributed by atoms with van der Waals surface area (Å²) in [5, 5.41) is 0. The Labute approximate surface area is 125 Å². The molecule has 0 bridgehead atoms. The van der Waals surface area contributed by atoms with E-state index in [0.29, 0.717) is 23.7 Å². The summed E-state index contributed by atoms with van der Waals surface area (Å²) >= 11 is 3.45. The Morgan fingerprint density at radius 2 is 1.95 bits per heavy atom. The first-order valence-electron chi connectivity index (χ1n) is 5.82. The molecule has 0 fully saturated rings. The predicted octanol–water partition coefficient (Wildman–Crippen LogP) is 2.01. The number of aromatic nitrogens is 2. The zero-order valence-corrected chi connectivity index (χ0v) is 12.8. The monoisotopic (exact) mass is 338 g/mol. The maximum absolute atomic E-state index is 5.84. The van der Waals surface area contributed by atoms with Crippen molar-refractivity contribution >= 4 is 27.7 Å². The number of hydrogen-bond acceptors (Lipinski definition) is 6. The van der Waals surface area contributed by atoms with Gasteiger partial charge in [0.2, 0.25) is 5.95 Å². The van der Waals surface area contributed by atoms with Gasteiger partial charge in [-0.3, -0.25) is 0 Å². The predicted molar refractivity (Wildman–Crippen MR) is 80.9 cm³/mol. The van der Waals surface area contributed by atoms with E-state index in [-0.39, 0.29) is 5.95 Å². The lowest BCUT2D eigenvalue weighted by atomic mass is 10.1. The summed E-state index contributed by atoms with van der Waals surface area (Å²) in [6.07, 6.45) is 2.20. The van der Waals surface area contributed by atoms with E-state index in [9.17, 15) is 0 Å². The van der Waals surface area contributed by atoms with Gasteiger partial charge in [0.15, 0.2) is 11.5 Å². The van der Waals surface area contributed by atoms with Crippen LogP contribution in [-0.4, -0.2) is 24.2 Å². The quantitative estimate of drug-likeness (QED) is 0.885. The van der Waals surface area contributed by atoms with Gasteiger partial charge in [0, 0.05) is 18.2 Å². The first-order chi connectivity index (χ1) is 9.55. The minimum Gasteiger partial charge on any atom is -0.493 e. The van der Waals surface area contributed by atoms with Crippen LogP contribution in [0.1, 0.15) is 11.1 Å². The van der Waals surface area contributed by atoms with Crippen molar-refractivity contribution in [2.45, 2.75) is 6.42 Å². The van der Waals surface area contributed by atoms with Crippen molar-refractivity contribution in [1.29, 1.82) is 0 Å². The van der Waals surface area contributed by atoms with E-state index in [4.69, 9.17) is 20.9 Å². The van der Waals surface area contributed by atoms with Crippen molar-refractivity contribution in [1.82, 2.24) is 9.97 Å². The number of rotatable bonds is 4. The molecule has 7 heteroatoms. The highest BCUT2D eigenvalue weighted by atomic mass is 79.9. The van der Waals surface area contributed by atoms with E-state index >= 15 is 0 Å². The van der Waals surface area contributed by atoms with Crippen molar-refractivity contribution in [2.24, 2.45) is 0 Å². The highest BCUT2D eigenvalue weighted by Gasteiger charge is 2.12. The number of benzene rings is 1. The number of halogens is 1. The summed E-state index contributed by atoms with van der Waals surface area (Å²) in [5.74, 6) is 1.84. The van der Waals surface area contributed by atoms with Gasteiger partial charge in [-0.25, -0.2) is 4.98 Å². The third-order valence-corrected chi connectivity index (χ3v) is 3.39. The molecule has 6 nitrogen and oxygen atoms in total. The topological polar surface area (TPSA) is 96.3 Å². The smallest absolute Gasteiger partial charge is 0.221 e. The molecule has 20 heavy (non-hydrogen) atoms. The summed E-state index contributed by atoms with van der Waals surface area (Å²) in [7, 11) is 3.18. The van der Waals surface area contributed by atoms with Crippen molar-refractivity contribution in [2.75, 3.05) is 25.7 Å². The highest BCUT2D eigenvalue weighted by Crippen LogP contribution is 2.36. The first kappa shape index (κ1) is 14.4. The standard InChI is InChI=1S/C13H15BrN4O2/c1-19-10-5-7(4-9(14)11(10)20-2)3-8-6-17-13(16)18-12(8)15/h4-6H,3H2,1-2H3,(H4,15,16,17,18). The molecule has 0 atom stereocenters. The summed E-state index contributed by atoms with van der Waals surface area (Å²) in [6.45, 7) is 0. The number of anilines is 2. The fraction of sp³-hybridized carbons (Fsp3) is 0.231. The number of hydrogen-bond donors (Lipinski definition) is 2. The molecule has 0 saturated carbocycles. The highest BCUT2D eigenvalue weighted by molar-refractivity contribution is 9.10. The average Bonchev–Trinajstić information content (AvgIpc) is 2.41. The van der Waals surface area contributed by atoms with Crippen LogP contribution in [0.3, 0.4) is 0 Å². The zero-order chi connectivity index (χ0) is 14.7. The molecule has 0 amide bonds. The van der Waals surface area contributed by atoms with Crippen LogP contribution in [0.2, 0.25) is 0 Å². The zero-order valence-electron chi connectivity index (χ0n) is 11.2. The molecule has 0 saturated heterocycles. The molecule has 1 heterocycles. The first-order valence-corrected chi connectivity index (χ1v) is 6.61. The maximum Gasteiger partial charge on any atom is 0.221 e. The van der Waals surface area contributed by atoms with Gasteiger partial charge in [0.05, 0.1) is 18.7 Å². The molecule has 0 unspecified atom stereocenters. The largest absolute Gasteiger partial charge is 0.493 e. The summed E-state index contributed by atoms with van der Waals surface area (Å²) < 4.78 is 11.4. The van der Waals surface area contributed by atoms with Gasteiger partial charge in [-0.05, 0) is 33.6 Å². The van der Waals surface area contributed by atoms with Crippen LogP contribution in [0.4, 0.5) is 11.8 Å². The molecule has 0 spiro atoms. The molecule has 0 aliphatic heterocycles. The maximum atomic E-state index is 5.84. The summed E-state index contributed by atoms with van der Waals surface area (Å²) in [6, 6.07) is 3.83. The second-order valence-electron chi connectivity index (χ2n) is 4.13. The molecule has 0 radical (unpaired) electrons. The van der Waals surface area contributed by atoms with E-state index in [1.54, 1.807) is 20.4 Å². The lowest BCUT2D eigenvalue weighted by Gasteiger charge is -2.12. The van der Waals surface area contributed by atoms with Crippen molar-refractivity contribution < 1.29 is 9.47 Å². The lowest BCUT2D eigenvalue weighted by Crippen LogP contribution is -2.04. The number of nitrogen functional groups attached to an aromatic ring is 2. The minimum atomic E-state index is 0.166. The van der Waals surface area contributed by atoms with E-state index < -0.39 is 0 Å². The molecule has 2 aromatic rings. The normalized spacial score (nSPS) is 10.3. The Kier molecular flexibility index (Phi) is 4.29. The van der Waals surface area contributed by atoms with Crippen LogP contribution in [0.15, 0.2) is 22.8 Å². The molecule has 0 aliphatic rings. The van der Waals surface area contributed by atoms with Gasteiger partial charge < -0.3 is 20.9 Å². The Morgan fingerprint density at radius 1 is 1.20 bits per heavy atom. The van der Waals surface area contributed by atoms with Gasteiger partial charge in [0.1, 0.15) is 5.82 Å². The Balaban J connectivity index is 2.36. The van der Waals surface area contributed by atoms with Crippen LogP contribution in [0, 0.1) is 0 Å². The second kappa shape index (κ2) is 5.96. The Morgan fingerprint density at radius 3 is 2.55 bits per heavy atom. The van der Waals surface area contributed by atoms with Crippen LogP contribution < -0.4 is 20.9 Å². The van der Waals surface area contributed by atoms with Gasteiger partial charge in [-0.2, -0.15) is 4.98 Å². The molecular formula is C13H15BrN4O2. The number of nitrogens with zero attached hydrogens (tertiary/aromatic N) is 2. The molecule has 1 aromatic heterocycles. The van der Waals surface area contributed by atoms with E-state index in [2.05, 4.69) is 25.9 Å². The second-order valence-corrected chi connectivity index (χ2v) is 4.98. The molecule has 0 aliphatic carbocycles. The van der Waals surface area contributed by atoms with E-state index in [0.717, 1.165) is 15.6 Å². The fourth-order valence-electron chi connectivity index (χ4n) is 1.86. The van der Waals surface area contributed by atoms with E-state index in [1.807, 2.05) is 12.1 Å². The van der Waals surface area contributed by atoms with Gasteiger partial charge >= 0.3 is 0 Å². The third kappa shape index (κ3) is 2.93.